The fourth-order valence-corrected chi connectivity index (χ4v) is 1.46. The van der Waals surface area contributed by atoms with Crippen molar-refractivity contribution in [2.45, 2.75) is 45.5 Å². The lowest BCUT2D eigenvalue weighted by Gasteiger charge is -2.19. The monoisotopic (exact) mass is 283 g/mol. The van der Waals surface area contributed by atoms with Gasteiger partial charge in [0.05, 0.1) is 12.3 Å². The van der Waals surface area contributed by atoms with E-state index < -0.39 is 11.9 Å². The summed E-state index contributed by atoms with van der Waals surface area (Å²) in [6.45, 7) is 5.80. The highest BCUT2D eigenvalue weighted by molar-refractivity contribution is 5.69. The molecule has 6 nitrogen and oxygen atoms in total. The van der Waals surface area contributed by atoms with Crippen LogP contribution < -0.4 is 4.74 Å². The normalized spacial score (nSPS) is 11.5. The summed E-state index contributed by atoms with van der Waals surface area (Å²) in [5.41, 5.74) is -0.357. The highest BCUT2D eigenvalue weighted by atomic mass is 16.6. The molecule has 6 heteroatoms. The van der Waals surface area contributed by atoms with E-state index in [1.807, 2.05) is 20.8 Å². The minimum atomic E-state index is -1.62. The number of carbonyl (C=O) groups is 1. The van der Waals surface area contributed by atoms with Crippen molar-refractivity contribution in [3.63, 3.8) is 0 Å². The van der Waals surface area contributed by atoms with E-state index in [0.717, 1.165) is 0 Å². The van der Waals surface area contributed by atoms with Gasteiger partial charge in [0.2, 0.25) is 0 Å². The molecule has 112 valence electrons. The maximum absolute atomic E-state index is 11.5. The van der Waals surface area contributed by atoms with E-state index in [-0.39, 0.29) is 18.1 Å². The summed E-state index contributed by atoms with van der Waals surface area (Å²) < 4.78 is 10.6. The van der Waals surface area contributed by atoms with Gasteiger partial charge < -0.3 is 19.7 Å². The summed E-state index contributed by atoms with van der Waals surface area (Å²) in [6.07, 6.45) is 0.602. The molecule has 0 atom stereocenters. The van der Waals surface area contributed by atoms with Gasteiger partial charge in [-0.05, 0) is 33.3 Å². The molecule has 1 rings (SSSR count). The van der Waals surface area contributed by atoms with Crippen LogP contribution in [-0.2, 0) is 9.53 Å². The summed E-state index contributed by atoms with van der Waals surface area (Å²) in [5, 5.41) is 18.0. The van der Waals surface area contributed by atoms with E-state index in [1.54, 1.807) is 6.07 Å². The smallest absolute Gasteiger partial charge is 0.306 e. The van der Waals surface area contributed by atoms with Crippen molar-refractivity contribution >= 4 is 5.97 Å². The first-order chi connectivity index (χ1) is 9.28. The lowest BCUT2D eigenvalue weighted by atomic mass is 10.2. The molecule has 0 spiro atoms. The van der Waals surface area contributed by atoms with Gasteiger partial charge in [-0.3, -0.25) is 9.78 Å². The van der Waals surface area contributed by atoms with E-state index in [9.17, 15) is 4.79 Å². The van der Waals surface area contributed by atoms with Crippen LogP contribution in [-0.4, -0.2) is 33.4 Å². The zero-order valence-corrected chi connectivity index (χ0v) is 12.0. The Kier molecular flexibility index (Phi) is 5.91. The number of ether oxygens (including phenoxy) is 2. The summed E-state index contributed by atoms with van der Waals surface area (Å²) in [4.78, 5) is 15.2. The van der Waals surface area contributed by atoms with Crippen LogP contribution in [0.1, 0.15) is 45.6 Å². The second kappa shape index (κ2) is 7.21. The number of rotatable bonds is 6. The van der Waals surface area contributed by atoms with Crippen LogP contribution in [0.3, 0.4) is 0 Å². The average Bonchev–Trinajstić information content (AvgIpc) is 2.33. The molecule has 0 aliphatic heterocycles. The number of aliphatic hydroxyl groups excluding tert-OH is 1. The lowest BCUT2D eigenvalue weighted by molar-refractivity contribution is -0.155. The molecule has 1 aromatic heterocycles. The number of pyridine rings is 1. The third-order valence-corrected chi connectivity index (χ3v) is 2.23. The Balaban J connectivity index is 2.31. The minimum Gasteiger partial charge on any atom is -0.493 e. The number of hydrogen-bond acceptors (Lipinski definition) is 6. The van der Waals surface area contributed by atoms with Crippen molar-refractivity contribution in [1.82, 2.24) is 4.98 Å². The first-order valence-electron chi connectivity index (χ1n) is 6.44. The highest BCUT2D eigenvalue weighted by Gasteiger charge is 2.15. The zero-order valence-electron chi connectivity index (χ0n) is 12.0. The number of nitrogens with zero attached hydrogens (tertiary/aromatic N) is 1. The SMILES string of the molecule is CC(C)(C)OC(=O)CCCOc1ccnc(C(O)O)c1. The van der Waals surface area contributed by atoms with Gasteiger partial charge in [-0.25, -0.2) is 0 Å². The Morgan fingerprint density at radius 3 is 2.70 bits per heavy atom. The Hall–Kier alpha value is -1.66. The minimum absolute atomic E-state index is 0.120. The second-order valence-electron chi connectivity index (χ2n) is 5.33. The molecule has 0 bridgehead atoms. The predicted octanol–water partition coefficient (Wildman–Crippen LogP) is 1.57. The first-order valence-corrected chi connectivity index (χ1v) is 6.44. The summed E-state index contributed by atoms with van der Waals surface area (Å²) in [5.74, 6) is 0.217. The molecular formula is C14H21NO5. The van der Waals surface area contributed by atoms with Crippen molar-refractivity contribution in [2.75, 3.05) is 6.61 Å². The molecule has 1 aromatic rings. The molecule has 2 N–H and O–H groups in total. The molecule has 0 radical (unpaired) electrons. The number of aromatic nitrogens is 1. The largest absolute Gasteiger partial charge is 0.493 e. The zero-order chi connectivity index (χ0) is 15.2. The van der Waals surface area contributed by atoms with Crippen molar-refractivity contribution in [1.29, 1.82) is 0 Å². The molecule has 0 unspecified atom stereocenters. The van der Waals surface area contributed by atoms with Gasteiger partial charge in [-0.1, -0.05) is 0 Å². The molecule has 0 saturated carbocycles. The van der Waals surface area contributed by atoms with Gasteiger partial charge in [0.25, 0.3) is 0 Å². The Morgan fingerprint density at radius 2 is 2.10 bits per heavy atom. The first kappa shape index (κ1) is 16.4. The van der Waals surface area contributed by atoms with E-state index in [0.29, 0.717) is 18.8 Å². The van der Waals surface area contributed by atoms with Gasteiger partial charge in [0.1, 0.15) is 11.4 Å². The number of esters is 1. The van der Waals surface area contributed by atoms with Crippen molar-refractivity contribution in [3.8, 4) is 5.75 Å². The van der Waals surface area contributed by atoms with Crippen LogP contribution in [0, 0.1) is 0 Å². The summed E-state index contributed by atoms with van der Waals surface area (Å²) in [6, 6.07) is 3.05. The average molecular weight is 283 g/mol. The standard InChI is InChI=1S/C14H21NO5/c1-14(2,3)20-12(16)5-4-8-19-10-6-7-15-11(9-10)13(17)18/h6-7,9,13,17-18H,4-5,8H2,1-3H3. The lowest BCUT2D eigenvalue weighted by Crippen LogP contribution is -2.23. The van der Waals surface area contributed by atoms with Crippen LogP contribution in [0.25, 0.3) is 0 Å². The quantitative estimate of drug-likeness (QED) is 0.468. The number of carbonyl (C=O) groups excluding carboxylic acids is 1. The number of hydrogen-bond donors (Lipinski definition) is 2. The molecule has 0 fully saturated rings. The molecule has 1 heterocycles. The van der Waals surface area contributed by atoms with Gasteiger partial charge in [-0.15, -0.1) is 0 Å². The maximum atomic E-state index is 11.5. The highest BCUT2D eigenvalue weighted by Crippen LogP contribution is 2.15. The molecule has 0 aliphatic carbocycles. The Bertz CT molecular complexity index is 439. The Morgan fingerprint density at radius 1 is 1.40 bits per heavy atom. The van der Waals surface area contributed by atoms with Crippen molar-refractivity contribution in [2.24, 2.45) is 0 Å². The van der Waals surface area contributed by atoms with Gasteiger partial charge in [0, 0.05) is 18.7 Å². The molecule has 0 saturated heterocycles. The molecule has 0 amide bonds. The van der Waals surface area contributed by atoms with E-state index in [2.05, 4.69) is 4.98 Å². The Labute approximate surface area is 118 Å². The second-order valence-corrected chi connectivity index (χ2v) is 5.33. The van der Waals surface area contributed by atoms with Crippen molar-refractivity contribution < 1.29 is 24.5 Å². The molecule has 0 aromatic carbocycles. The third kappa shape index (κ3) is 6.49. The fourth-order valence-electron chi connectivity index (χ4n) is 1.46. The van der Waals surface area contributed by atoms with E-state index >= 15 is 0 Å². The maximum Gasteiger partial charge on any atom is 0.306 e. The van der Waals surface area contributed by atoms with Crippen LogP contribution in [0.2, 0.25) is 0 Å². The molecule has 20 heavy (non-hydrogen) atoms. The third-order valence-electron chi connectivity index (χ3n) is 2.23. The predicted molar refractivity (Wildman–Crippen MR) is 72.0 cm³/mol. The topological polar surface area (TPSA) is 88.9 Å². The summed E-state index contributed by atoms with van der Waals surface area (Å²) >= 11 is 0. The van der Waals surface area contributed by atoms with Crippen LogP contribution in [0.5, 0.6) is 5.75 Å². The van der Waals surface area contributed by atoms with Crippen molar-refractivity contribution in [3.05, 3.63) is 24.0 Å². The van der Waals surface area contributed by atoms with Crippen LogP contribution in [0.15, 0.2) is 18.3 Å². The number of aliphatic hydroxyl groups is 2. The van der Waals surface area contributed by atoms with Gasteiger partial charge in [0.15, 0.2) is 6.29 Å². The molecule has 0 aliphatic rings. The van der Waals surface area contributed by atoms with Crippen LogP contribution >= 0.6 is 0 Å². The van der Waals surface area contributed by atoms with E-state index in [1.165, 1.54) is 12.3 Å². The summed E-state index contributed by atoms with van der Waals surface area (Å²) in [7, 11) is 0. The van der Waals surface area contributed by atoms with E-state index in [4.69, 9.17) is 19.7 Å². The van der Waals surface area contributed by atoms with Crippen LogP contribution in [0.4, 0.5) is 0 Å². The molecular weight excluding hydrogens is 262 g/mol. The van der Waals surface area contributed by atoms with Gasteiger partial charge >= 0.3 is 5.97 Å². The fraction of sp³-hybridized carbons (Fsp3) is 0.571. The van der Waals surface area contributed by atoms with Gasteiger partial charge in [-0.2, -0.15) is 0 Å².